The van der Waals surface area contributed by atoms with E-state index in [1.54, 1.807) is 0 Å². The molecule has 5 N–H and O–H groups in total. The van der Waals surface area contributed by atoms with Gasteiger partial charge in [0.2, 0.25) is 0 Å². The third-order valence-electron chi connectivity index (χ3n) is 2.70. The van der Waals surface area contributed by atoms with Gasteiger partial charge in [-0.25, -0.2) is 0 Å². The zero-order valence-electron chi connectivity index (χ0n) is 8.25. The number of rotatable bonds is 2. The first-order valence-corrected chi connectivity index (χ1v) is 4.77. The summed E-state index contributed by atoms with van der Waals surface area (Å²) in [6, 6.07) is -0.0396. The molecule has 1 aliphatic rings. The SMILES string of the molecule is N[C@]1(c2nn[nH]n2)CN[C@@H](c2nn[nH]n2)C1. The van der Waals surface area contributed by atoms with Gasteiger partial charge in [0.05, 0.1) is 11.6 Å². The third kappa shape index (κ3) is 1.35. The van der Waals surface area contributed by atoms with Crippen LogP contribution in [0.2, 0.25) is 0 Å². The van der Waals surface area contributed by atoms with Crippen molar-refractivity contribution in [1.29, 1.82) is 0 Å². The number of aromatic amines is 2. The zero-order chi connectivity index (χ0) is 11.0. The predicted molar refractivity (Wildman–Crippen MR) is 49.6 cm³/mol. The smallest absolute Gasteiger partial charge is 0.195 e. The second kappa shape index (κ2) is 3.28. The molecular formula is C6H10N10. The Morgan fingerprint density at radius 1 is 1.19 bits per heavy atom. The summed E-state index contributed by atoms with van der Waals surface area (Å²) in [4.78, 5) is 0. The normalized spacial score (nSPS) is 29.7. The number of nitrogens with zero attached hydrogens (tertiary/aromatic N) is 6. The van der Waals surface area contributed by atoms with E-state index in [1.165, 1.54) is 0 Å². The molecule has 0 bridgehead atoms. The van der Waals surface area contributed by atoms with E-state index >= 15 is 0 Å². The van der Waals surface area contributed by atoms with Gasteiger partial charge in [-0.05, 0) is 6.42 Å². The number of H-pyrrole nitrogens is 2. The standard InChI is InChI=1S/C6H10N10/c7-6(5-11-15-16-12-5)1-3(8-2-6)4-9-13-14-10-4/h3,8H,1-2,7H2,(H,9,10,13,14)(H,11,12,15,16)/t3-,6+/m1/s1. The maximum atomic E-state index is 6.19. The van der Waals surface area contributed by atoms with Crippen molar-refractivity contribution in [2.45, 2.75) is 18.0 Å². The highest BCUT2D eigenvalue weighted by Crippen LogP contribution is 2.31. The van der Waals surface area contributed by atoms with Crippen LogP contribution < -0.4 is 11.1 Å². The van der Waals surface area contributed by atoms with Gasteiger partial charge < -0.3 is 11.1 Å². The van der Waals surface area contributed by atoms with Crippen LogP contribution in [0.4, 0.5) is 0 Å². The highest BCUT2D eigenvalue weighted by molar-refractivity contribution is 5.11. The second-order valence-corrected chi connectivity index (χ2v) is 3.80. The van der Waals surface area contributed by atoms with Gasteiger partial charge in [-0.2, -0.15) is 10.4 Å². The molecule has 16 heavy (non-hydrogen) atoms. The lowest BCUT2D eigenvalue weighted by Crippen LogP contribution is -2.39. The lowest BCUT2D eigenvalue weighted by atomic mass is 9.96. The Labute approximate surface area is 89.4 Å². The van der Waals surface area contributed by atoms with Crippen LogP contribution in [0.1, 0.15) is 24.1 Å². The van der Waals surface area contributed by atoms with E-state index in [2.05, 4.69) is 46.6 Å². The number of nitrogens with two attached hydrogens (primary N) is 1. The molecule has 2 aromatic rings. The molecule has 84 valence electrons. The van der Waals surface area contributed by atoms with E-state index < -0.39 is 5.54 Å². The van der Waals surface area contributed by atoms with E-state index in [1.807, 2.05) is 0 Å². The summed E-state index contributed by atoms with van der Waals surface area (Å²) >= 11 is 0. The first-order chi connectivity index (χ1) is 7.78. The van der Waals surface area contributed by atoms with E-state index in [4.69, 9.17) is 5.73 Å². The monoisotopic (exact) mass is 222 g/mol. The van der Waals surface area contributed by atoms with Crippen molar-refractivity contribution < 1.29 is 0 Å². The maximum Gasteiger partial charge on any atom is 0.195 e. The Kier molecular flexibility index (Phi) is 1.91. The van der Waals surface area contributed by atoms with Crippen LogP contribution in [0.5, 0.6) is 0 Å². The van der Waals surface area contributed by atoms with Crippen LogP contribution in [-0.2, 0) is 5.54 Å². The van der Waals surface area contributed by atoms with Crippen molar-refractivity contribution in [3.63, 3.8) is 0 Å². The maximum absolute atomic E-state index is 6.19. The van der Waals surface area contributed by atoms with Crippen LogP contribution in [0.3, 0.4) is 0 Å². The summed E-state index contributed by atoms with van der Waals surface area (Å²) < 4.78 is 0. The van der Waals surface area contributed by atoms with Gasteiger partial charge in [-0.15, -0.1) is 20.4 Å². The van der Waals surface area contributed by atoms with Crippen molar-refractivity contribution in [1.82, 2.24) is 46.6 Å². The minimum Gasteiger partial charge on any atom is -0.318 e. The molecule has 2 aromatic heterocycles. The highest BCUT2D eigenvalue weighted by atomic mass is 15.5. The molecule has 10 heteroatoms. The van der Waals surface area contributed by atoms with E-state index in [-0.39, 0.29) is 6.04 Å². The van der Waals surface area contributed by atoms with Crippen molar-refractivity contribution in [2.75, 3.05) is 6.54 Å². The molecule has 0 amide bonds. The minimum atomic E-state index is -0.641. The molecule has 3 heterocycles. The fourth-order valence-electron chi connectivity index (χ4n) is 1.86. The van der Waals surface area contributed by atoms with Crippen LogP contribution in [-0.4, -0.2) is 47.8 Å². The molecule has 1 aliphatic heterocycles. The molecule has 1 fully saturated rings. The molecule has 0 saturated carbocycles. The number of nitrogens with one attached hydrogen (secondary N) is 3. The van der Waals surface area contributed by atoms with Crippen LogP contribution in [0.15, 0.2) is 0 Å². The Morgan fingerprint density at radius 2 is 2.00 bits per heavy atom. The van der Waals surface area contributed by atoms with Gasteiger partial charge in [0, 0.05) is 6.54 Å². The fraction of sp³-hybridized carbons (Fsp3) is 0.667. The number of hydrogen-bond acceptors (Lipinski definition) is 8. The number of tetrazole rings is 2. The third-order valence-corrected chi connectivity index (χ3v) is 2.70. The first kappa shape index (κ1) is 9.30. The molecule has 10 nitrogen and oxygen atoms in total. The Morgan fingerprint density at radius 3 is 2.69 bits per heavy atom. The number of aromatic nitrogens is 8. The molecular weight excluding hydrogens is 212 g/mol. The second-order valence-electron chi connectivity index (χ2n) is 3.80. The first-order valence-electron chi connectivity index (χ1n) is 4.77. The average molecular weight is 222 g/mol. The van der Waals surface area contributed by atoms with Crippen molar-refractivity contribution >= 4 is 0 Å². The van der Waals surface area contributed by atoms with Gasteiger partial charge >= 0.3 is 0 Å². The summed E-state index contributed by atoms with van der Waals surface area (Å²) in [5.74, 6) is 1.09. The van der Waals surface area contributed by atoms with Gasteiger partial charge in [0.25, 0.3) is 0 Å². The molecule has 1 saturated heterocycles. The molecule has 0 spiro atoms. The van der Waals surface area contributed by atoms with Crippen molar-refractivity contribution in [3.05, 3.63) is 11.6 Å². The summed E-state index contributed by atoms with van der Waals surface area (Å²) in [5.41, 5.74) is 5.55. The van der Waals surface area contributed by atoms with Crippen LogP contribution in [0.25, 0.3) is 0 Å². The summed E-state index contributed by atoms with van der Waals surface area (Å²) in [6.45, 7) is 0.547. The molecule has 0 aliphatic carbocycles. The largest absolute Gasteiger partial charge is 0.318 e. The lowest BCUT2D eigenvalue weighted by molar-refractivity contribution is 0.447. The van der Waals surface area contributed by atoms with Gasteiger partial charge in [-0.3, -0.25) is 0 Å². The van der Waals surface area contributed by atoms with Gasteiger partial charge in [0.15, 0.2) is 11.6 Å². The molecule has 0 aromatic carbocycles. The van der Waals surface area contributed by atoms with E-state index in [0.29, 0.717) is 24.6 Å². The quantitative estimate of drug-likeness (QED) is 0.439. The van der Waals surface area contributed by atoms with Gasteiger partial charge in [-0.1, -0.05) is 10.4 Å². The van der Waals surface area contributed by atoms with Crippen molar-refractivity contribution in [2.24, 2.45) is 5.73 Å². The summed E-state index contributed by atoms with van der Waals surface area (Å²) in [6.07, 6.45) is 0.603. The average Bonchev–Trinajstić information content (AvgIpc) is 3.00. The summed E-state index contributed by atoms with van der Waals surface area (Å²) in [5, 5.41) is 30.7. The fourth-order valence-corrected chi connectivity index (χ4v) is 1.86. The zero-order valence-corrected chi connectivity index (χ0v) is 8.25. The lowest BCUT2D eigenvalue weighted by Gasteiger charge is -2.17. The minimum absolute atomic E-state index is 0.0396. The Bertz CT molecular complexity index is 448. The van der Waals surface area contributed by atoms with Gasteiger partial charge in [0.1, 0.15) is 0 Å². The molecule has 0 radical (unpaired) electrons. The molecule has 2 atom stereocenters. The van der Waals surface area contributed by atoms with E-state index in [9.17, 15) is 0 Å². The predicted octanol–water partition coefficient (Wildman–Crippen LogP) is -2.40. The molecule has 3 rings (SSSR count). The topological polar surface area (TPSA) is 147 Å². The van der Waals surface area contributed by atoms with E-state index in [0.717, 1.165) is 0 Å². The molecule has 0 unspecified atom stereocenters. The Hall–Kier alpha value is -1.94. The van der Waals surface area contributed by atoms with Crippen molar-refractivity contribution in [3.8, 4) is 0 Å². The Balaban J connectivity index is 1.83. The summed E-state index contributed by atoms with van der Waals surface area (Å²) in [7, 11) is 0. The highest BCUT2D eigenvalue weighted by Gasteiger charge is 2.42. The van der Waals surface area contributed by atoms with Crippen LogP contribution in [0, 0.1) is 0 Å². The van der Waals surface area contributed by atoms with Crippen LogP contribution >= 0.6 is 0 Å². The number of hydrogen-bond donors (Lipinski definition) is 4.